The summed E-state index contributed by atoms with van der Waals surface area (Å²) in [7, 11) is 3.69. The third-order valence-electron chi connectivity index (χ3n) is 5.10. The number of imidazole rings is 1. The quantitative estimate of drug-likeness (QED) is 0.539. The molecule has 0 spiro atoms. The number of aromatic nitrogens is 2. The second kappa shape index (κ2) is 9.76. The molecule has 1 aliphatic rings. The molecule has 1 saturated carbocycles. The van der Waals surface area contributed by atoms with Gasteiger partial charge in [-0.2, -0.15) is 0 Å². The Labute approximate surface area is 163 Å². The fourth-order valence-corrected chi connectivity index (χ4v) is 3.79. The molecule has 27 heavy (non-hydrogen) atoms. The van der Waals surface area contributed by atoms with Gasteiger partial charge in [-0.25, -0.2) is 9.98 Å². The van der Waals surface area contributed by atoms with Crippen molar-refractivity contribution in [1.82, 2.24) is 25.1 Å². The number of rotatable bonds is 8. The maximum absolute atomic E-state index is 12.7. The summed E-state index contributed by atoms with van der Waals surface area (Å²) in [6.45, 7) is 9.30. The first-order chi connectivity index (χ1) is 12.9. The molecule has 0 unspecified atom stereocenters. The summed E-state index contributed by atoms with van der Waals surface area (Å²) >= 11 is 0. The molecular formula is C20H36N6O. The van der Waals surface area contributed by atoms with Crippen molar-refractivity contribution in [3.8, 4) is 0 Å². The van der Waals surface area contributed by atoms with Gasteiger partial charge in [-0.1, -0.05) is 26.7 Å². The van der Waals surface area contributed by atoms with E-state index in [1.807, 2.05) is 33.4 Å². The van der Waals surface area contributed by atoms with Crippen LogP contribution in [0.4, 0.5) is 0 Å². The fraction of sp³-hybridized carbons (Fsp3) is 0.750. The van der Waals surface area contributed by atoms with Gasteiger partial charge in [-0.05, 0) is 25.7 Å². The van der Waals surface area contributed by atoms with Gasteiger partial charge in [-0.15, -0.1) is 0 Å². The van der Waals surface area contributed by atoms with Crippen LogP contribution in [-0.4, -0.2) is 53.5 Å². The Kier molecular flexibility index (Phi) is 7.68. The third-order valence-corrected chi connectivity index (χ3v) is 5.10. The minimum absolute atomic E-state index is 0.218. The van der Waals surface area contributed by atoms with E-state index in [9.17, 15) is 4.79 Å². The lowest BCUT2D eigenvalue weighted by Gasteiger charge is -2.31. The van der Waals surface area contributed by atoms with Crippen molar-refractivity contribution in [2.45, 2.75) is 59.5 Å². The highest BCUT2D eigenvalue weighted by Gasteiger charge is 2.42. The van der Waals surface area contributed by atoms with Gasteiger partial charge >= 0.3 is 0 Å². The Bertz CT molecular complexity index is 628. The Morgan fingerprint density at radius 1 is 1.33 bits per heavy atom. The second-order valence-electron chi connectivity index (χ2n) is 8.13. The highest BCUT2D eigenvalue weighted by Crippen LogP contribution is 2.38. The molecule has 0 aliphatic heterocycles. The van der Waals surface area contributed by atoms with Crippen LogP contribution in [-0.2, 0) is 17.9 Å². The lowest BCUT2D eigenvalue weighted by atomic mass is 9.84. The smallest absolute Gasteiger partial charge is 0.230 e. The highest BCUT2D eigenvalue weighted by molar-refractivity contribution is 5.85. The van der Waals surface area contributed by atoms with E-state index < -0.39 is 0 Å². The van der Waals surface area contributed by atoms with Crippen molar-refractivity contribution < 1.29 is 4.79 Å². The van der Waals surface area contributed by atoms with E-state index in [1.54, 1.807) is 4.90 Å². The van der Waals surface area contributed by atoms with Crippen LogP contribution in [0.15, 0.2) is 17.4 Å². The van der Waals surface area contributed by atoms with Crippen molar-refractivity contribution in [2.24, 2.45) is 16.3 Å². The first-order valence-electron chi connectivity index (χ1n) is 10.1. The van der Waals surface area contributed by atoms with Crippen molar-refractivity contribution >= 4 is 11.9 Å². The molecular weight excluding hydrogens is 340 g/mol. The van der Waals surface area contributed by atoms with Crippen LogP contribution in [0, 0.1) is 11.3 Å². The standard InChI is InChI=1S/C20H36N6O/c1-6-21-19(23-13-17-22-11-12-26(17)14-16(2)3)24-15-20(9-7-8-10-20)18(27)25(4)5/h11-12,16H,6-10,13-15H2,1-5H3,(H2,21,23,24). The Balaban J connectivity index is 2.05. The minimum atomic E-state index is -0.310. The number of guanidine groups is 1. The van der Waals surface area contributed by atoms with Crippen LogP contribution in [0.5, 0.6) is 0 Å². The maximum atomic E-state index is 12.7. The van der Waals surface area contributed by atoms with Crippen LogP contribution in [0.3, 0.4) is 0 Å². The molecule has 1 fully saturated rings. The van der Waals surface area contributed by atoms with E-state index in [1.165, 1.54) is 0 Å². The van der Waals surface area contributed by atoms with E-state index in [0.29, 0.717) is 19.0 Å². The van der Waals surface area contributed by atoms with E-state index in [2.05, 4.69) is 34.0 Å². The first-order valence-corrected chi connectivity index (χ1v) is 10.1. The number of hydrogen-bond acceptors (Lipinski definition) is 3. The normalized spacial score (nSPS) is 16.6. The fourth-order valence-electron chi connectivity index (χ4n) is 3.79. The Morgan fingerprint density at radius 2 is 2.04 bits per heavy atom. The molecule has 1 aromatic heterocycles. The number of hydrogen-bond donors (Lipinski definition) is 2. The monoisotopic (exact) mass is 376 g/mol. The van der Waals surface area contributed by atoms with E-state index in [4.69, 9.17) is 4.99 Å². The molecule has 152 valence electrons. The molecule has 7 heteroatoms. The van der Waals surface area contributed by atoms with E-state index in [-0.39, 0.29) is 11.3 Å². The van der Waals surface area contributed by atoms with Gasteiger partial charge in [0.2, 0.25) is 5.91 Å². The minimum Gasteiger partial charge on any atom is -0.357 e. The average Bonchev–Trinajstić information content (AvgIpc) is 3.26. The molecule has 1 aromatic rings. The number of nitrogens with zero attached hydrogens (tertiary/aromatic N) is 4. The molecule has 7 nitrogen and oxygen atoms in total. The van der Waals surface area contributed by atoms with Crippen molar-refractivity contribution in [3.05, 3.63) is 18.2 Å². The zero-order chi connectivity index (χ0) is 19.9. The third kappa shape index (κ3) is 5.71. The van der Waals surface area contributed by atoms with Gasteiger partial charge in [0.05, 0.1) is 5.41 Å². The van der Waals surface area contributed by atoms with Crippen LogP contribution >= 0.6 is 0 Å². The summed E-state index contributed by atoms with van der Waals surface area (Å²) in [6.07, 6.45) is 7.94. The Hall–Kier alpha value is -2.05. The largest absolute Gasteiger partial charge is 0.357 e. The maximum Gasteiger partial charge on any atom is 0.230 e. The van der Waals surface area contributed by atoms with Crippen molar-refractivity contribution in [1.29, 1.82) is 0 Å². The molecule has 1 heterocycles. The molecule has 1 amide bonds. The number of amides is 1. The molecule has 1 aliphatic carbocycles. The molecule has 0 atom stereocenters. The summed E-state index contributed by atoms with van der Waals surface area (Å²) in [4.78, 5) is 23.6. The van der Waals surface area contributed by atoms with Gasteiger partial charge in [0, 0.05) is 46.1 Å². The zero-order valence-electron chi connectivity index (χ0n) is 17.6. The van der Waals surface area contributed by atoms with Crippen LogP contribution in [0.25, 0.3) is 0 Å². The van der Waals surface area contributed by atoms with Gasteiger partial charge < -0.3 is 20.1 Å². The zero-order valence-corrected chi connectivity index (χ0v) is 17.6. The molecule has 0 radical (unpaired) electrons. The van der Waals surface area contributed by atoms with Crippen LogP contribution in [0.2, 0.25) is 0 Å². The van der Waals surface area contributed by atoms with Gasteiger partial charge in [0.1, 0.15) is 12.4 Å². The van der Waals surface area contributed by atoms with Crippen molar-refractivity contribution in [2.75, 3.05) is 27.2 Å². The van der Waals surface area contributed by atoms with E-state index in [0.717, 1.165) is 50.6 Å². The molecule has 0 saturated heterocycles. The Morgan fingerprint density at radius 3 is 2.63 bits per heavy atom. The lowest BCUT2D eigenvalue weighted by molar-refractivity contribution is -0.138. The summed E-state index contributed by atoms with van der Waals surface area (Å²) in [5.41, 5.74) is -0.310. The highest BCUT2D eigenvalue weighted by atomic mass is 16.2. The molecule has 2 rings (SSSR count). The van der Waals surface area contributed by atoms with Gasteiger partial charge in [0.15, 0.2) is 5.96 Å². The predicted octanol–water partition coefficient (Wildman–Crippen LogP) is 2.24. The van der Waals surface area contributed by atoms with Gasteiger partial charge in [-0.3, -0.25) is 4.79 Å². The molecule has 0 bridgehead atoms. The summed E-state index contributed by atoms with van der Waals surface area (Å²) in [5, 5.41) is 6.71. The second-order valence-corrected chi connectivity index (χ2v) is 8.13. The van der Waals surface area contributed by atoms with Crippen molar-refractivity contribution in [3.63, 3.8) is 0 Å². The van der Waals surface area contributed by atoms with Gasteiger partial charge in [0.25, 0.3) is 0 Å². The van der Waals surface area contributed by atoms with Crippen LogP contribution < -0.4 is 10.6 Å². The summed E-state index contributed by atoms with van der Waals surface area (Å²) in [5.74, 6) is 2.48. The number of carbonyl (C=O) groups is 1. The summed E-state index contributed by atoms with van der Waals surface area (Å²) in [6, 6.07) is 0. The molecule has 0 aromatic carbocycles. The van der Waals surface area contributed by atoms with Crippen LogP contribution in [0.1, 0.15) is 52.3 Å². The topological polar surface area (TPSA) is 74.5 Å². The number of aliphatic imine (C=N–C) groups is 1. The summed E-state index contributed by atoms with van der Waals surface area (Å²) < 4.78 is 2.16. The molecule has 2 N–H and O–H groups in total. The SMILES string of the molecule is CCNC(=NCc1nccn1CC(C)C)NCC1(C(=O)N(C)C)CCCC1. The predicted molar refractivity (Wildman–Crippen MR) is 109 cm³/mol. The first kappa shape index (κ1) is 21.3. The average molecular weight is 377 g/mol. The number of nitrogens with one attached hydrogen (secondary N) is 2. The number of carbonyl (C=O) groups excluding carboxylic acids is 1. The van der Waals surface area contributed by atoms with E-state index >= 15 is 0 Å². The lowest BCUT2D eigenvalue weighted by Crippen LogP contribution is -2.49.